The second-order valence-electron chi connectivity index (χ2n) is 5.70. The maximum atomic E-state index is 11.9. The predicted molar refractivity (Wildman–Crippen MR) is 69.4 cm³/mol. The van der Waals surface area contributed by atoms with E-state index in [1.807, 2.05) is 13.8 Å². The normalized spacial score (nSPS) is 21.5. The largest absolute Gasteiger partial charge is 0.480 e. The minimum absolute atomic E-state index is 0.00377. The first-order chi connectivity index (χ1) is 8.90. The van der Waals surface area contributed by atoms with Crippen LogP contribution in [0.3, 0.4) is 0 Å². The number of pyridine rings is 1. The van der Waals surface area contributed by atoms with Crippen LogP contribution in [0.2, 0.25) is 0 Å². The van der Waals surface area contributed by atoms with E-state index in [0.717, 1.165) is 12.0 Å². The molecule has 1 unspecified atom stereocenters. The Labute approximate surface area is 112 Å². The molecule has 0 saturated heterocycles. The standard InChI is InChI=1S/C14H18N2O3/c1-14(2)8-10(14)12(17)16-11(13(18)19)7-9-3-5-15-6-4-9/h3-6,10-11H,7-8H2,1-2H3,(H,16,17)(H,18,19)/t10-,11?/m1/s1. The molecule has 2 rings (SSSR count). The number of nitrogens with zero attached hydrogens (tertiary/aromatic N) is 1. The van der Waals surface area contributed by atoms with Gasteiger partial charge in [0.15, 0.2) is 0 Å². The minimum atomic E-state index is -1.01. The van der Waals surface area contributed by atoms with Gasteiger partial charge in [0.1, 0.15) is 6.04 Å². The van der Waals surface area contributed by atoms with Crippen molar-refractivity contribution in [3.8, 4) is 0 Å². The van der Waals surface area contributed by atoms with E-state index in [4.69, 9.17) is 0 Å². The van der Waals surface area contributed by atoms with Crippen LogP contribution >= 0.6 is 0 Å². The van der Waals surface area contributed by atoms with Crippen LogP contribution in [-0.4, -0.2) is 28.0 Å². The Morgan fingerprint density at radius 1 is 1.47 bits per heavy atom. The quantitative estimate of drug-likeness (QED) is 0.836. The molecule has 5 nitrogen and oxygen atoms in total. The Morgan fingerprint density at radius 3 is 2.53 bits per heavy atom. The minimum Gasteiger partial charge on any atom is -0.480 e. The molecule has 1 aromatic heterocycles. The first kappa shape index (κ1) is 13.5. The summed E-state index contributed by atoms with van der Waals surface area (Å²) in [7, 11) is 0. The fourth-order valence-corrected chi connectivity index (χ4v) is 2.14. The van der Waals surface area contributed by atoms with Gasteiger partial charge >= 0.3 is 5.97 Å². The zero-order chi connectivity index (χ0) is 14.0. The molecule has 5 heteroatoms. The summed E-state index contributed by atoms with van der Waals surface area (Å²) in [5, 5.41) is 11.8. The van der Waals surface area contributed by atoms with Crippen molar-refractivity contribution in [2.24, 2.45) is 11.3 Å². The Kier molecular flexibility index (Phi) is 3.55. The van der Waals surface area contributed by atoms with E-state index in [0.29, 0.717) is 0 Å². The number of carboxylic acid groups (broad SMARTS) is 1. The van der Waals surface area contributed by atoms with E-state index >= 15 is 0 Å². The Hall–Kier alpha value is -1.91. The van der Waals surface area contributed by atoms with Crippen LogP contribution in [0.1, 0.15) is 25.8 Å². The molecule has 1 fully saturated rings. The number of carbonyl (C=O) groups excluding carboxylic acids is 1. The maximum absolute atomic E-state index is 11.9. The fraction of sp³-hybridized carbons (Fsp3) is 0.500. The van der Waals surface area contributed by atoms with Crippen LogP contribution in [-0.2, 0) is 16.0 Å². The summed E-state index contributed by atoms with van der Waals surface area (Å²) < 4.78 is 0. The van der Waals surface area contributed by atoms with Crippen molar-refractivity contribution >= 4 is 11.9 Å². The lowest BCUT2D eigenvalue weighted by atomic mass is 10.1. The molecule has 1 aliphatic carbocycles. The van der Waals surface area contributed by atoms with Gasteiger partial charge < -0.3 is 10.4 Å². The second-order valence-corrected chi connectivity index (χ2v) is 5.70. The lowest BCUT2D eigenvalue weighted by Crippen LogP contribution is -2.43. The van der Waals surface area contributed by atoms with E-state index < -0.39 is 12.0 Å². The maximum Gasteiger partial charge on any atom is 0.326 e. The lowest BCUT2D eigenvalue weighted by molar-refractivity contribution is -0.142. The number of rotatable bonds is 5. The monoisotopic (exact) mass is 262 g/mol. The van der Waals surface area contributed by atoms with Gasteiger partial charge in [-0.25, -0.2) is 4.79 Å². The number of aromatic nitrogens is 1. The topological polar surface area (TPSA) is 79.3 Å². The smallest absolute Gasteiger partial charge is 0.326 e. The molecule has 0 aliphatic heterocycles. The highest BCUT2D eigenvalue weighted by Gasteiger charge is 2.51. The number of hydrogen-bond acceptors (Lipinski definition) is 3. The molecule has 0 spiro atoms. The van der Waals surface area contributed by atoms with Crippen LogP contribution in [0.15, 0.2) is 24.5 Å². The van der Waals surface area contributed by atoms with Gasteiger partial charge in [-0.1, -0.05) is 13.8 Å². The van der Waals surface area contributed by atoms with E-state index in [2.05, 4.69) is 10.3 Å². The molecule has 2 N–H and O–H groups in total. The summed E-state index contributed by atoms with van der Waals surface area (Å²) in [5.41, 5.74) is 0.849. The zero-order valence-electron chi connectivity index (χ0n) is 11.1. The predicted octanol–water partition coefficient (Wildman–Crippen LogP) is 1.24. The van der Waals surface area contributed by atoms with Gasteiger partial charge in [0, 0.05) is 24.7 Å². The number of nitrogens with one attached hydrogen (secondary N) is 1. The van der Waals surface area contributed by atoms with Crippen molar-refractivity contribution in [2.75, 3.05) is 0 Å². The summed E-state index contributed by atoms with van der Waals surface area (Å²) in [6.07, 6.45) is 4.32. The van der Waals surface area contributed by atoms with Crippen LogP contribution in [0, 0.1) is 11.3 Å². The van der Waals surface area contributed by atoms with Gasteiger partial charge in [-0.3, -0.25) is 9.78 Å². The highest BCUT2D eigenvalue weighted by molar-refractivity contribution is 5.87. The highest BCUT2D eigenvalue weighted by atomic mass is 16.4. The van der Waals surface area contributed by atoms with E-state index in [-0.39, 0.29) is 23.7 Å². The van der Waals surface area contributed by atoms with Gasteiger partial charge in [0.05, 0.1) is 0 Å². The number of amides is 1. The average Bonchev–Trinajstić information content (AvgIpc) is 2.99. The molecule has 2 atom stereocenters. The molecule has 1 aromatic rings. The van der Waals surface area contributed by atoms with Gasteiger partial charge in [-0.15, -0.1) is 0 Å². The molecule has 1 heterocycles. The molecular formula is C14H18N2O3. The molecule has 0 bridgehead atoms. The third-order valence-electron chi connectivity index (χ3n) is 3.63. The Bertz CT molecular complexity index is 485. The molecule has 1 saturated carbocycles. The summed E-state index contributed by atoms with van der Waals surface area (Å²) in [6, 6.07) is 2.62. The number of carbonyl (C=O) groups is 2. The van der Waals surface area contributed by atoms with Crippen LogP contribution in [0.5, 0.6) is 0 Å². The molecule has 19 heavy (non-hydrogen) atoms. The first-order valence-electron chi connectivity index (χ1n) is 6.32. The third-order valence-corrected chi connectivity index (χ3v) is 3.63. The number of aliphatic carboxylic acids is 1. The van der Waals surface area contributed by atoms with Crippen LogP contribution < -0.4 is 5.32 Å². The zero-order valence-corrected chi connectivity index (χ0v) is 11.1. The summed E-state index contributed by atoms with van der Waals surface area (Å²) in [5.74, 6) is -1.23. The lowest BCUT2D eigenvalue weighted by Gasteiger charge is -2.15. The van der Waals surface area contributed by atoms with Crippen molar-refractivity contribution in [1.29, 1.82) is 0 Å². The molecule has 1 amide bonds. The Morgan fingerprint density at radius 2 is 2.05 bits per heavy atom. The molecule has 102 valence electrons. The molecule has 0 radical (unpaired) electrons. The van der Waals surface area contributed by atoms with Crippen molar-refractivity contribution in [1.82, 2.24) is 10.3 Å². The third kappa shape index (κ3) is 3.30. The van der Waals surface area contributed by atoms with Crippen LogP contribution in [0.25, 0.3) is 0 Å². The summed E-state index contributed by atoms with van der Waals surface area (Å²) in [6.45, 7) is 4.02. The number of carboxylic acids is 1. The fourth-order valence-electron chi connectivity index (χ4n) is 2.14. The van der Waals surface area contributed by atoms with Crippen molar-refractivity contribution < 1.29 is 14.7 Å². The molecular weight excluding hydrogens is 244 g/mol. The van der Waals surface area contributed by atoms with Gasteiger partial charge in [0.25, 0.3) is 0 Å². The van der Waals surface area contributed by atoms with E-state index in [1.165, 1.54) is 0 Å². The molecule has 0 aromatic carbocycles. The summed E-state index contributed by atoms with van der Waals surface area (Å²) in [4.78, 5) is 27.0. The second kappa shape index (κ2) is 4.99. The Balaban J connectivity index is 1.98. The van der Waals surface area contributed by atoms with Gasteiger partial charge in [0.2, 0.25) is 5.91 Å². The van der Waals surface area contributed by atoms with Crippen molar-refractivity contribution in [3.05, 3.63) is 30.1 Å². The van der Waals surface area contributed by atoms with Gasteiger partial charge in [-0.05, 0) is 29.5 Å². The molecule has 1 aliphatic rings. The van der Waals surface area contributed by atoms with Crippen molar-refractivity contribution in [3.63, 3.8) is 0 Å². The SMILES string of the molecule is CC1(C)C[C@@H]1C(=O)NC(Cc1ccncc1)C(=O)O. The van der Waals surface area contributed by atoms with Crippen molar-refractivity contribution in [2.45, 2.75) is 32.7 Å². The average molecular weight is 262 g/mol. The first-order valence-corrected chi connectivity index (χ1v) is 6.32. The van der Waals surface area contributed by atoms with Crippen LogP contribution in [0.4, 0.5) is 0 Å². The van der Waals surface area contributed by atoms with Gasteiger partial charge in [-0.2, -0.15) is 0 Å². The summed E-state index contributed by atoms with van der Waals surface area (Å²) >= 11 is 0. The number of hydrogen-bond donors (Lipinski definition) is 2. The highest BCUT2D eigenvalue weighted by Crippen LogP contribution is 2.51. The van der Waals surface area contributed by atoms with E-state index in [9.17, 15) is 14.7 Å². The van der Waals surface area contributed by atoms with E-state index in [1.54, 1.807) is 24.5 Å².